The van der Waals surface area contributed by atoms with Crippen LogP contribution in [-0.4, -0.2) is 15.7 Å². The fourth-order valence-electron chi connectivity index (χ4n) is 0.823. The average molecular weight is 202 g/mol. The maximum absolute atomic E-state index is 9.34. The van der Waals surface area contributed by atoms with Gasteiger partial charge in [-0.3, -0.25) is 0 Å². The van der Waals surface area contributed by atoms with Crippen molar-refractivity contribution in [1.29, 1.82) is 0 Å². The van der Waals surface area contributed by atoms with Crippen LogP contribution in [-0.2, 0) is 0 Å². The summed E-state index contributed by atoms with van der Waals surface area (Å²) < 4.78 is 0. The van der Waals surface area contributed by atoms with Gasteiger partial charge in [0.1, 0.15) is 5.06 Å². The molecule has 0 bridgehead atoms. The van der Waals surface area contributed by atoms with Gasteiger partial charge in [0.05, 0.1) is 0 Å². The van der Waals surface area contributed by atoms with Gasteiger partial charge in [-0.1, -0.05) is 18.5 Å². The van der Waals surface area contributed by atoms with Gasteiger partial charge in [-0.2, -0.15) is 0 Å². The number of alkyl halides is 1. The zero-order valence-electron chi connectivity index (χ0n) is 7.22. The average Bonchev–Trinajstić information content (AvgIpc) is 1.60. The summed E-state index contributed by atoms with van der Waals surface area (Å²) in [5.74, 6) is 0. The molecule has 1 unspecified atom stereocenters. The molecule has 0 saturated carbocycles. The Kier molecular flexibility index (Phi) is 5.76. The first-order chi connectivity index (χ1) is 4.27. The predicted octanol–water partition coefficient (Wildman–Crippen LogP) is 1.87. The highest BCUT2D eigenvalue weighted by Crippen LogP contribution is 2.25. The molecule has 70 valence electrons. The zero-order chi connectivity index (χ0) is 8.41. The van der Waals surface area contributed by atoms with E-state index in [0.29, 0.717) is 12.8 Å². The molecule has 4 heteroatoms. The second-order valence-corrected chi connectivity index (χ2v) is 4.14. The number of hydrogen-bond donors (Lipinski definition) is 2. The quantitative estimate of drug-likeness (QED) is 0.686. The molecule has 3 N–H and O–H groups in total. The molecule has 0 fully saturated rings. The minimum Gasteiger partial charge on any atom is -0.375 e. The third kappa shape index (κ3) is 8.41. The number of aliphatic hydroxyl groups is 1. The van der Waals surface area contributed by atoms with Crippen LogP contribution in [0.4, 0.5) is 0 Å². The van der Waals surface area contributed by atoms with Gasteiger partial charge in [-0.15, -0.1) is 12.4 Å². The molecule has 1 atom stereocenters. The molecular formula is C7H17Cl2NO. The van der Waals surface area contributed by atoms with Crippen molar-refractivity contribution in [3.63, 3.8) is 0 Å². The molecule has 0 aliphatic rings. The molecule has 0 heterocycles. The first-order valence-corrected chi connectivity index (χ1v) is 3.85. The lowest BCUT2D eigenvalue weighted by Gasteiger charge is -2.27. The van der Waals surface area contributed by atoms with Crippen molar-refractivity contribution in [2.45, 2.75) is 44.2 Å². The van der Waals surface area contributed by atoms with Crippen LogP contribution in [0.25, 0.3) is 0 Å². The van der Waals surface area contributed by atoms with E-state index in [2.05, 4.69) is 0 Å². The van der Waals surface area contributed by atoms with Crippen molar-refractivity contribution in [3.05, 3.63) is 0 Å². The summed E-state index contributed by atoms with van der Waals surface area (Å²) >= 11 is 5.68. The summed E-state index contributed by atoms with van der Waals surface area (Å²) in [6.45, 7) is 5.52. The van der Waals surface area contributed by atoms with Crippen LogP contribution in [0.3, 0.4) is 0 Å². The highest BCUT2D eigenvalue weighted by atomic mass is 35.5. The molecular weight excluding hydrogens is 185 g/mol. The zero-order valence-corrected chi connectivity index (χ0v) is 8.80. The summed E-state index contributed by atoms with van der Waals surface area (Å²) in [5.41, 5.74) is 5.26. The topological polar surface area (TPSA) is 46.2 Å². The molecule has 0 aromatic heterocycles. The Morgan fingerprint density at radius 3 is 1.91 bits per heavy atom. The van der Waals surface area contributed by atoms with E-state index >= 15 is 0 Å². The third-order valence-electron chi connectivity index (χ3n) is 1.27. The molecule has 0 aliphatic heterocycles. The van der Waals surface area contributed by atoms with Crippen molar-refractivity contribution in [2.24, 2.45) is 5.73 Å². The van der Waals surface area contributed by atoms with E-state index in [0.717, 1.165) is 0 Å². The minimum absolute atomic E-state index is 0. The fraction of sp³-hybridized carbons (Fsp3) is 1.00. The molecule has 0 spiro atoms. The first-order valence-electron chi connectivity index (χ1n) is 3.47. The molecule has 0 aliphatic carbocycles. The van der Waals surface area contributed by atoms with Crippen LogP contribution >= 0.6 is 24.0 Å². The van der Waals surface area contributed by atoms with E-state index in [1.54, 1.807) is 0 Å². The Morgan fingerprint density at radius 1 is 1.45 bits per heavy atom. The molecule has 2 nitrogen and oxygen atoms in total. The van der Waals surface area contributed by atoms with Crippen LogP contribution in [0.2, 0.25) is 0 Å². The van der Waals surface area contributed by atoms with Crippen molar-refractivity contribution < 1.29 is 5.11 Å². The van der Waals surface area contributed by atoms with Crippen molar-refractivity contribution in [1.82, 2.24) is 0 Å². The first kappa shape index (κ1) is 14.0. The fourth-order valence-corrected chi connectivity index (χ4v) is 1.17. The van der Waals surface area contributed by atoms with Crippen molar-refractivity contribution in [3.8, 4) is 0 Å². The van der Waals surface area contributed by atoms with Gasteiger partial charge in [0.2, 0.25) is 0 Å². The van der Waals surface area contributed by atoms with Gasteiger partial charge in [-0.25, -0.2) is 0 Å². The van der Waals surface area contributed by atoms with Gasteiger partial charge in [0.15, 0.2) is 0 Å². The molecule has 0 aromatic carbocycles. The Bertz CT molecular complexity index is 109. The monoisotopic (exact) mass is 201 g/mol. The van der Waals surface area contributed by atoms with Gasteiger partial charge in [0.25, 0.3) is 0 Å². The second kappa shape index (κ2) is 4.51. The largest absolute Gasteiger partial charge is 0.375 e. The Morgan fingerprint density at radius 2 is 1.82 bits per heavy atom. The summed E-state index contributed by atoms with van der Waals surface area (Å²) in [6, 6.07) is 0. The Balaban J connectivity index is 0. The summed E-state index contributed by atoms with van der Waals surface area (Å²) in [7, 11) is 0. The van der Waals surface area contributed by atoms with Gasteiger partial charge < -0.3 is 10.8 Å². The van der Waals surface area contributed by atoms with E-state index in [4.69, 9.17) is 17.3 Å². The minimum atomic E-state index is -1.13. The second-order valence-electron chi connectivity index (χ2n) is 3.44. The van der Waals surface area contributed by atoms with Gasteiger partial charge in [-0.05, 0) is 20.3 Å². The lowest BCUT2D eigenvalue weighted by molar-refractivity contribution is 0.0931. The summed E-state index contributed by atoms with van der Waals surface area (Å²) in [4.78, 5) is 0. The van der Waals surface area contributed by atoms with E-state index in [9.17, 15) is 5.11 Å². The van der Waals surface area contributed by atoms with Crippen molar-refractivity contribution in [2.75, 3.05) is 0 Å². The lowest BCUT2D eigenvalue weighted by atomic mass is 9.96. The summed E-state index contributed by atoms with van der Waals surface area (Å²) in [6.07, 6.45) is 0.938. The molecule has 0 aromatic rings. The maximum atomic E-state index is 9.34. The van der Waals surface area contributed by atoms with Crippen LogP contribution in [0.5, 0.6) is 0 Å². The SMILES string of the molecule is CCC(O)(Cl)CC(C)(C)N.Cl. The Labute approximate surface area is 79.5 Å². The number of hydrogen-bond acceptors (Lipinski definition) is 2. The summed E-state index contributed by atoms with van der Waals surface area (Å²) in [5, 5.41) is 8.22. The standard InChI is InChI=1S/C7H16ClNO.ClH/c1-4-7(8,10)5-6(2,3)9;/h10H,4-5,9H2,1-3H3;1H. The lowest BCUT2D eigenvalue weighted by Crippen LogP contribution is -2.40. The van der Waals surface area contributed by atoms with Crippen LogP contribution < -0.4 is 5.73 Å². The molecule has 0 amide bonds. The molecule has 0 radical (unpaired) electrons. The highest BCUT2D eigenvalue weighted by Gasteiger charge is 2.27. The highest BCUT2D eigenvalue weighted by molar-refractivity contribution is 6.22. The normalized spacial score (nSPS) is 16.9. The number of halogens is 2. The van der Waals surface area contributed by atoms with E-state index in [1.165, 1.54) is 0 Å². The molecule has 11 heavy (non-hydrogen) atoms. The molecule has 0 saturated heterocycles. The third-order valence-corrected chi connectivity index (χ3v) is 1.67. The smallest absolute Gasteiger partial charge is 0.140 e. The Hall–Kier alpha value is 0.500. The van der Waals surface area contributed by atoms with Crippen molar-refractivity contribution >= 4 is 24.0 Å². The predicted molar refractivity (Wildman–Crippen MR) is 51.2 cm³/mol. The van der Waals surface area contributed by atoms with E-state index in [-0.39, 0.29) is 12.4 Å². The van der Waals surface area contributed by atoms with Crippen LogP contribution in [0.1, 0.15) is 33.6 Å². The number of rotatable bonds is 3. The maximum Gasteiger partial charge on any atom is 0.140 e. The van der Waals surface area contributed by atoms with E-state index in [1.807, 2.05) is 20.8 Å². The van der Waals surface area contributed by atoms with E-state index < -0.39 is 10.6 Å². The van der Waals surface area contributed by atoms with Crippen LogP contribution in [0, 0.1) is 0 Å². The van der Waals surface area contributed by atoms with Crippen LogP contribution in [0.15, 0.2) is 0 Å². The number of nitrogens with two attached hydrogens (primary N) is 1. The van der Waals surface area contributed by atoms with Gasteiger partial charge in [0, 0.05) is 12.0 Å². The molecule has 0 rings (SSSR count). The van der Waals surface area contributed by atoms with Gasteiger partial charge >= 0.3 is 0 Å².